The average Bonchev–Trinajstić information content (AvgIpc) is 3.96. The first kappa shape index (κ1) is 33.3. The van der Waals surface area contributed by atoms with Crippen molar-refractivity contribution in [3.63, 3.8) is 0 Å². The van der Waals surface area contributed by atoms with E-state index in [0.717, 1.165) is 66.1 Å². The number of carbonyl (C=O) groups excluding carboxylic acids is 2. The highest BCUT2D eigenvalue weighted by Crippen LogP contribution is 2.60. The highest BCUT2D eigenvalue weighted by molar-refractivity contribution is 5.74. The van der Waals surface area contributed by atoms with Gasteiger partial charge in [-0.15, -0.1) is 0 Å². The van der Waals surface area contributed by atoms with Crippen molar-refractivity contribution < 1.29 is 19.1 Å². The lowest BCUT2D eigenvalue weighted by molar-refractivity contribution is -0.207. The van der Waals surface area contributed by atoms with Crippen LogP contribution in [0.2, 0.25) is 0 Å². The molecule has 0 radical (unpaired) electrons. The van der Waals surface area contributed by atoms with E-state index in [9.17, 15) is 9.59 Å². The molecule has 4 nitrogen and oxygen atoms in total. The summed E-state index contributed by atoms with van der Waals surface area (Å²) >= 11 is 0. The van der Waals surface area contributed by atoms with Crippen LogP contribution in [0.15, 0.2) is 36.5 Å². The average molecular weight is 657 g/mol. The minimum Gasteiger partial charge on any atom is -0.466 e. The first-order valence-electron chi connectivity index (χ1n) is 20.8. The van der Waals surface area contributed by atoms with Gasteiger partial charge in [-0.1, -0.05) is 68.6 Å². The summed E-state index contributed by atoms with van der Waals surface area (Å²) in [5.41, 5.74) is -0.143. The van der Waals surface area contributed by atoms with Crippen LogP contribution in [0.25, 0.3) is 0 Å². The molecular weight excluding hydrogens is 592 g/mol. The lowest BCUT2D eigenvalue weighted by Gasteiger charge is -2.59. The Morgan fingerprint density at radius 2 is 1.27 bits per heavy atom. The van der Waals surface area contributed by atoms with E-state index in [1.165, 1.54) is 83.5 Å². The Morgan fingerprint density at radius 1 is 0.667 bits per heavy atom. The third-order valence-electron chi connectivity index (χ3n) is 15.7. The van der Waals surface area contributed by atoms with Gasteiger partial charge in [-0.05, 0) is 168 Å². The summed E-state index contributed by atoms with van der Waals surface area (Å²) in [5, 5.41) is 0. The highest BCUT2D eigenvalue weighted by atomic mass is 16.6. The Morgan fingerprint density at radius 3 is 1.79 bits per heavy atom. The Balaban J connectivity index is 0.000000110. The van der Waals surface area contributed by atoms with Crippen molar-refractivity contribution in [3.05, 3.63) is 36.5 Å². The van der Waals surface area contributed by atoms with Crippen LogP contribution in [0, 0.1) is 82.9 Å². The first-order valence-corrected chi connectivity index (χ1v) is 20.8. The van der Waals surface area contributed by atoms with Crippen molar-refractivity contribution in [2.45, 2.75) is 135 Å². The molecule has 0 spiro atoms. The van der Waals surface area contributed by atoms with E-state index in [-0.39, 0.29) is 23.5 Å². The summed E-state index contributed by atoms with van der Waals surface area (Å²) in [5.74, 6) is 11.0. The van der Waals surface area contributed by atoms with Crippen LogP contribution in [0.5, 0.6) is 0 Å². The van der Waals surface area contributed by atoms with Crippen LogP contribution in [0.3, 0.4) is 0 Å². The van der Waals surface area contributed by atoms with Gasteiger partial charge in [0.15, 0.2) is 0 Å². The SMILES string of the molecule is C1=CC2CC1CC2C1CCCCC1.CC1(OC(=O)C2CC3C=CC2C3)C2CC3CC(C2)CC1C3.CCOC(=O)CCC1CC2C=CC1C2. The number of allylic oxidation sites excluding steroid dienone is 6. The molecule has 264 valence electrons. The molecule has 48 heavy (non-hydrogen) atoms. The second kappa shape index (κ2) is 14.1. The molecule has 11 rings (SSSR count). The van der Waals surface area contributed by atoms with Crippen molar-refractivity contribution in [2.75, 3.05) is 6.61 Å². The summed E-state index contributed by atoms with van der Waals surface area (Å²) in [6.45, 7) is 4.63. The Hall–Kier alpha value is -1.84. The molecule has 8 saturated carbocycles. The van der Waals surface area contributed by atoms with E-state index in [1.807, 2.05) is 6.92 Å². The molecule has 4 heteroatoms. The minimum atomic E-state index is -0.143. The topological polar surface area (TPSA) is 52.6 Å². The van der Waals surface area contributed by atoms with Crippen LogP contribution in [-0.2, 0) is 19.1 Å². The van der Waals surface area contributed by atoms with Crippen molar-refractivity contribution in [3.8, 4) is 0 Å². The van der Waals surface area contributed by atoms with Crippen LogP contribution < -0.4 is 0 Å². The maximum absolute atomic E-state index is 12.8. The Labute approximate surface area is 291 Å². The van der Waals surface area contributed by atoms with E-state index in [0.29, 0.717) is 36.7 Å². The van der Waals surface area contributed by atoms with Gasteiger partial charge < -0.3 is 9.47 Å². The molecule has 0 N–H and O–H groups in total. The molecule has 0 heterocycles. The lowest BCUT2D eigenvalue weighted by Crippen LogP contribution is -2.58. The van der Waals surface area contributed by atoms with E-state index >= 15 is 0 Å². The molecular formula is C44H64O4. The van der Waals surface area contributed by atoms with Gasteiger partial charge in [0.2, 0.25) is 0 Å². The fourth-order valence-electron chi connectivity index (χ4n) is 13.3. The van der Waals surface area contributed by atoms with Gasteiger partial charge in [0.25, 0.3) is 0 Å². The van der Waals surface area contributed by atoms with Crippen molar-refractivity contribution in [2.24, 2.45) is 82.9 Å². The molecule has 10 bridgehead atoms. The number of fused-ring (bicyclic) bond motifs is 6. The summed E-state index contributed by atoms with van der Waals surface area (Å²) < 4.78 is 11.2. The Kier molecular flexibility index (Phi) is 9.75. The zero-order valence-electron chi connectivity index (χ0n) is 30.1. The fourth-order valence-corrected chi connectivity index (χ4v) is 13.3. The predicted octanol–water partition coefficient (Wildman–Crippen LogP) is 10.3. The second-order valence-corrected chi connectivity index (χ2v) is 18.5. The lowest BCUT2D eigenvalue weighted by atomic mass is 9.50. The monoisotopic (exact) mass is 656 g/mol. The summed E-state index contributed by atoms with van der Waals surface area (Å²) in [7, 11) is 0. The molecule has 11 aliphatic carbocycles. The van der Waals surface area contributed by atoms with Crippen LogP contribution in [-0.4, -0.2) is 24.1 Å². The normalized spacial score (nSPS) is 46.4. The largest absolute Gasteiger partial charge is 0.466 e. The van der Waals surface area contributed by atoms with E-state index < -0.39 is 0 Å². The molecule has 0 aromatic carbocycles. The highest BCUT2D eigenvalue weighted by Gasteiger charge is 2.58. The molecule has 0 aliphatic heterocycles. The molecule has 0 amide bonds. The quantitative estimate of drug-likeness (QED) is 0.202. The predicted molar refractivity (Wildman–Crippen MR) is 191 cm³/mol. The first-order chi connectivity index (χ1) is 23.3. The number of esters is 2. The minimum absolute atomic E-state index is 0.0285. The van der Waals surface area contributed by atoms with Gasteiger partial charge >= 0.3 is 11.9 Å². The van der Waals surface area contributed by atoms with Gasteiger partial charge in [0.05, 0.1) is 12.5 Å². The second-order valence-electron chi connectivity index (χ2n) is 18.5. The number of hydrogen-bond donors (Lipinski definition) is 0. The van der Waals surface area contributed by atoms with Crippen molar-refractivity contribution in [1.29, 1.82) is 0 Å². The Bertz CT molecular complexity index is 1230. The number of hydrogen-bond acceptors (Lipinski definition) is 4. The van der Waals surface area contributed by atoms with Gasteiger partial charge in [0, 0.05) is 6.42 Å². The van der Waals surface area contributed by atoms with Gasteiger partial charge in [0.1, 0.15) is 5.60 Å². The van der Waals surface area contributed by atoms with Crippen LogP contribution in [0.1, 0.15) is 129 Å². The van der Waals surface area contributed by atoms with Crippen LogP contribution >= 0.6 is 0 Å². The van der Waals surface area contributed by atoms with E-state index in [2.05, 4.69) is 43.4 Å². The standard InChI is InChI=1S/C19H26O2.C13H20.C12H18O2/c1-19(15-6-12-4-13(8-15)9-16(19)7-12)21-18(20)17-10-11-2-3-14(17)5-11;1-2-4-11(5-3-1)13-9-10-6-7-12(13)8-10;1-2-14-12(13)6-5-11-8-9-3-4-10(11)7-9/h2-3,11-17H,4-10H2,1H3;6-7,10-13H,1-5,8-9H2;3-4,9-11H,2,5-8H2,1H3. The van der Waals surface area contributed by atoms with Crippen molar-refractivity contribution in [1.82, 2.24) is 0 Å². The molecule has 0 aromatic rings. The van der Waals surface area contributed by atoms with E-state index in [1.54, 1.807) is 12.8 Å². The van der Waals surface area contributed by atoms with Crippen LogP contribution in [0.4, 0.5) is 0 Å². The van der Waals surface area contributed by atoms with Gasteiger partial charge in [-0.2, -0.15) is 0 Å². The summed E-state index contributed by atoms with van der Waals surface area (Å²) in [6.07, 6.45) is 38.1. The molecule has 11 aliphatic rings. The summed E-state index contributed by atoms with van der Waals surface area (Å²) in [6, 6.07) is 0. The molecule has 8 fully saturated rings. The number of ether oxygens (including phenoxy) is 2. The fraction of sp³-hybridized carbons (Fsp3) is 0.818. The zero-order chi connectivity index (χ0) is 32.8. The molecule has 0 aromatic heterocycles. The molecule has 9 unspecified atom stereocenters. The molecule has 9 atom stereocenters. The number of carbonyl (C=O) groups is 2. The summed E-state index contributed by atoms with van der Waals surface area (Å²) in [4.78, 5) is 23.9. The smallest absolute Gasteiger partial charge is 0.310 e. The third-order valence-corrected chi connectivity index (χ3v) is 15.7. The number of rotatable bonds is 7. The molecule has 0 saturated heterocycles. The van der Waals surface area contributed by atoms with Gasteiger partial charge in [-0.3, -0.25) is 9.59 Å². The van der Waals surface area contributed by atoms with E-state index in [4.69, 9.17) is 9.47 Å². The maximum atomic E-state index is 12.8. The van der Waals surface area contributed by atoms with Crippen molar-refractivity contribution >= 4 is 11.9 Å². The zero-order valence-corrected chi connectivity index (χ0v) is 30.1. The maximum Gasteiger partial charge on any atom is 0.310 e. The van der Waals surface area contributed by atoms with Gasteiger partial charge in [-0.25, -0.2) is 0 Å². The third kappa shape index (κ3) is 6.78.